The standard InChI is InChI=1S/C42H69N3O32/c1-11(51)43-21-14(54)4-41(39(65)66,75-33(21)24(57)16(56)6-46)74-19(9-49)27(60)34-22(44-12(2)52)15(55)5-42(76-34,40(67)68)77-35-26(59)18(8-48)71-38(30(35)63)73-32-23(45-13(3)53)37(70-17(7-47)25(32)58)72-31-20(10-50)69-36(64)29(62)28(31)61/h14-38,46-50,54-64H,4-10H2,1-3H3,(H,43,51)(H,44,52)(H,45,53)(H,65,66)(H,67,68)/t14-,15-,16+,17+,18+,19+,20+,21+,22+,23+,24+,25-,26-,27+,28+,29+,30+,31-,32+,33+,34+,35-,36+,37-,38-,41+,42-/m0/s1. The molecule has 0 saturated carbocycles. The van der Waals surface area contributed by atoms with Crippen LogP contribution in [0.15, 0.2) is 0 Å². The second-order valence-corrected chi connectivity index (χ2v) is 19.0. The van der Waals surface area contributed by atoms with E-state index in [2.05, 4.69) is 16.0 Å². The predicted molar refractivity (Wildman–Crippen MR) is 236 cm³/mol. The molecule has 5 aliphatic heterocycles. The van der Waals surface area contributed by atoms with Crippen molar-refractivity contribution in [3.63, 3.8) is 0 Å². The van der Waals surface area contributed by atoms with Gasteiger partial charge in [-0.05, 0) is 0 Å². The van der Waals surface area contributed by atoms with E-state index in [1.807, 2.05) is 0 Å². The summed E-state index contributed by atoms with van der Waals surface area (Å²) in [5, 5.41) is 200. The van der Waals surface area contributed by atoms with Crippen molar-refractivity contribution in [1.29, 1.82) is 0 Å². The molecule has 5 saturated heterocycles. The smallest absolute Gasteiger partial charge is 0.364 e. The Kier molecular flexibility index (Phi) is 22.3. The Labute approximate surface area is 434 Å². The average Bonchev–Trinajstić information content (AvgIpc) is 3.39. The highest BCUT2D eigenvalue weighted by Gasteiger charge is 2.63. The van der Waals surface area contributed by atoms with Gasteiger partial charge in [0, 0.05) is 33.6 Å². The van der Waals surface area contributed by atoms with Crippen molar-refractivity contribution in [2.24, 2.45) is 0 Å². The monoisotopic (exact) mass is 1130 g/mol. The maximum atomic E-state index is 13.4. The van der Waals surface area contributed by atoms with Crippen LogP contribution in [0.1, 0.15) is 33.6 Å². The normalized spacial score (nSPS) is 43.2. The van der Waals surface area contributed by atoms with Crippen LogP contribution in [0.25, 0.3) is 0 Å². The molecule has 77 heavy (non-hydrogen) atoms. The quantitative estimate of drug-likeness (QED) is 0.0479. The van der Waals surface area contributed by atoms with E-state index < -0.39 is 240 Å². The zero-order chi connectivity index (χ0) is 57.8. The number of carbonyl (C=O) groups is 5. The molecule has 5 rings (SSSR count). The van der Waals surface area contributed by atoms with Crippen LogP contribution in [0.4, 0.5) is 0 Å². The summed E-state index contributed by atoms with van der Waals surface area (Å²) in [6.45, 7) is -3.06. The van der Waals surface area contributed by atoms with Crippen LogP contribution < -0.4 is 16.0 Å². The first kappa shape index (κ1) is 64.2. The van der Waals surface area contributed by atoms with Gasteiger partial charge in [0.25, 0.3) is 11.6 Å². The second kappa shape index (κ2) is 26.7. The van der Waals surface area contributed by atoms with Gasteiger partial charge in [0.2, 0.25) is 17.7 Å². The molecule has 0 unspecified atom stereocenters. The number of aliphatic carboxylic acids is 2. The Morgan fingerprint density at radius 2 is 0.987 bits per heavy atom. The minimum Gasteiger partial charge on any atom is -0.477 e. The molecule has 5 aliphatic rings. The lowest BCUT2D eigenvalue weighted by molar-refractivity contribution is -0.387. The number of aliphatic hydroxyl groups is 16. The van der Waals surface area contributed by atoms with Gasteiger partial charge in [-0.25, -0.2) is 9.59 Å². The van der Waals surface area contributed by atoms with Gasteiger partial charge in [-0.15, -0.1) is 0 Å². The summed E-state index contributed by atoms with van der Waals surface area (Å²) in [6, 6.07) is -5.50. The number of nitrogens with one attached hydrogen (secondary N) is 3. The van der Waals surface area contributed by atoms with Gasteiger partial charge in [-0.3, -0.25) is 14.4 Å². The van der Waals surface area contributed by atoms with E-state index in [0.717, 1.165) is 20.8 Å². The van der Waals surface area contributed by atoms with Crippen molar-refractivity contribution < 1.29 is 159 Å². The lowest BCUT2D eigenvalue weighted by atomic mass is 9.87. The van der Waals surface area contributed by atoms with Gasteiger partial charge in [0.05, 0.1) is 57.3 Å². The number of ether oxygens (including phenoxy) is 9. The highest BCUT2D eigenvalue weighted by Crippen LogP contribution is 2.41. The van der Waals surface area contributed by atoms with E-state index in [1.165, 1.54) is 0 Å². The van der Waals surface area contributed by atoms with Crippen LogP contribution in [0, 0.1) is 0 Å². The molecule has 0 aliphatic carbocycles. The van der Waals surface area contributed by atoms with Crippen molar-refractivity contribution in [2.45, 2.75) is 198 Å². The molecule has 0 aromatic carbocycles. The lowest BCUT2D eigenvalue weighted by Crippen LogP contribution is -2.72. The summed E-state index contributed by atoms with van der Waals surface area (Å²) >= 11 is 0. The van der Waals surface area contributed by atoms with Crippen LogP contribution in [0.5, 0.6) is 0 Å². The Morgan fingerprint density at radius 3 is 1.47 bits per heavy atom. The van der Waals surface area contributed by atoms with Crippen LogP contribution in [-0.4, -0.2) is 319 Å². The first-order valence-electron chi connectivity index (χ1n) is 23.9. The van der Waals surface area contributed by atoms with Gasteiger partial charge in [0.15, 0.2) is 18.9 Å². The van der Waals surface area contributed by atoms with E-state index in [0.29, 0.717) is 0 Å². The van der Waals surface area contributed by atoms with E-state index in [1.54, 1.807) is 0 Å². The first-order valence-corrected chi connectivity index (χ1v) is 23.9. The van der Waals surface area contributed by atoms with Crippen molar-refractivity contribution >= 4 is 29.7 Å². The topological polar surface area (TPSA) is 569 Å². The molecular formula is C42H69N3O32. The molecule has 0 aromatic rings. The summed E-state index contributed by atoms with van der Waals surface area (Å²) in [7, 11) is 0. The first-order chi connectivity index (χ1) is 36.0. The van der Waals surface area contributed by atoms with Gasteiger partial charge in [-0.1, -0.05) is 0 Å². The summed E-state index contributed by atoms with van der Waals surface area (Å²) < 4.78 is 50.8. The largest absolute Gasteiger partial charge is 0.477 e. The third-order valence-corrected chi connectivity index (χ3v) is 13.5. The van der Waals surface area contributed by atoms with E-state index in [4.69, 9.17) is 42.6 Å². The SMILES string of the molecule is CC(=O)N[C@H]1[C@H](O[C@@H]2[C@H](O)[C@@H](O)[C@H](O)O[C@@H]2CO)O[C@H](CO)[C@H](O)[C@@H]1O[C@@H]1O[C@H](CO)[C@H](O)[C@H](O[C@]2(C(=O)O)C[C@H](O)[C@@H](NC(C)=O)[C@H]([C@H](O)[C@@H](CO)O[C@]3(C(=O)O)C[C@H](O)[C@@H](NC(C)=O)[C@H]([C@H](O)[C@H](O)CO)O3)O2)[C@H]1O. The maximum Gasteiger partial charge on any atom is 0.364 e. The van der Waals surface area contributed by atoms with Crippen molar-refractivity contribution in [3.05, 3.63) is 0 Å². The number of rotatable bonds is 22. The molecule has 35 nitrogen and oxygen atoms in total. The molecule has 0 bridgehead atoms. The summed E-state index contributed by atoms with van der Waals surface area (Å²) in [5.74, 6) is -13.9. The molecule has 0 aromatic heterocycles. The van der Waals surface area contributed by atoms with Gasteiger partial charge in [0.1, 0.15) is 110 Å². The zero-order valence-corrected chi connectivity index (χ0v) is 41.1. The lowest BCUT2D eigenvalue weighted by Gasteiger charge is -2.52. The molecule has 35 heteroatoms. The number of carboxylic acid groups (broad SMARTS) is 2. The number of aliphatic hydroxyl groups excluding tert-OH is 16. The molecule has 5 heterocycles. The van der Waals surface area contributed by atoms with Crippen LogP contribution in [0.2, 0.25) is 0 Å². The zero-order valence-electron chi connectivity index (χ0n) is 41.1. The second-order valence-electron chi connectivity index (χ2n) is 19.0. The number of carbonyl (C=O) groups excluding carboxylic acids is 3. The van der Waals surface area contributed by atoms with Gasteiger partial charge < -0.3 is 150 Å². The molecular weight excluding hydrogens is 1060 g/mol. The number of hydrogen-bond acceptors (Lipinski definition) is 30. The minimum atomic E-state index is -3.44. The summed E-state index contributed by atoms with van der Waals surface area (Å²) in [4.78, 5) is 63.6. The Bertz CT molecular complexity index is 2000. The Morgan fingerprint density at radius 1 is 0.532 bits per heavy atom. The molecule has 21 N–H and O–H groups in total. The predicted octanol–water partition coefficient (Wildman–Crippen LogP) is -13.1. The van der Waals surface area contributed by atoms with E-state index in [9.17, 15) is 116 Å². The van der Waals surface area contributed by atoms with Crippen LogP contribution in [-0.2, 0) is 66.6 Å². The van der Waals surface area contributed by atoms with Gasteiger partial charge >= 0.3 is 11.9 Å². The maximum absolute atomic E-state index is 13.4. The molecule has 0 radical (unpaired) electrons. The van der Waals surface area contributed by atoms with Crippen molar-refractivity contribution in [1.82, 2.24) is 16.0 Å². The third-order valence-electron chi connectivity index (χ3n) is 13.5. The number of amides is 3. The fourth-order valence-corrected chi connectivity index (χ4v) is 9.64. The van der Waals surface area contributed by atoms with Crippen molar-refractivity contribution in [3.8, 4) is 0 Å². The minimum absolute atomic E-state index is 0.862. The van der Waals surface area contributed by atoms with Gasteiger partial charge in [-0.2, -0.15) is 0 Å². The fraction of sp³-hybridized carbons (Fsp3) is 0.881. The third kappa shape index (κ3) is 13.9. The number of hydrogen-bond donors (Lipinski definition) is 21. The highest BCUT2D eigenvalue weighted by molar-refractivity contribution is 5.77. The molecule has 3 amide bonds. The fourth-order valence-electron chi connectivity index (χ4n) is 9.64. The number of carboxylic acids is 2. The van der Waals surface area contributed by atoms with E-state index in [-0.39, 0.29) is 0 Å². The molecule has 0 spiro atoms. The van der Waals surface area contributed by atoms with Crippen LogP contribution >= 0.6 is 0 Å². The van der Waals surface area contributed by atoms with Crippen molar-refractivity contribution in [2.75, 3.05) is 33.0 Å². The van der Waals surface area contributed by atoms with E-state index >= 15 is 0 Å². The average molecular weight is 1130 g/mol. The Balaban J connectivity index is 1.50. The summed E-state index contributed by atoms with van der Waals surface area (Å²) in [5.41, 5.74) is 0. The van der Waals surface area contributed by atoms with Crippen LogP contribution in [0.3, 0.4) is 0 Å². The molecule has 5 fully saturated rings. The molecule has 444 valence electrons. The molecule has 27 atom stereocenters. The highest BCUT2D eigenvalue weighted by atomic mass is 16.8. The Hall–Kier alpha value is -3.65. The summed E-state index contributed by atoms with van der Waals surface area (Å²) in [6.07, 6.45) is -49.7.